The number of aromatic nitrogens is 1. The van der Waals surface area contributed by atoms with Gasteiger partial charge in [0.05, 0.1) is 5.25 Å². The van der Waals surface area contributed by atoms with Crippen LogP contribution in [0.15, 0.2) is 27.9 Å². The van der Waals surface area contributed by atoms with Gasteiger partial charge in [0, 0.05) is 11.1 Å². The third-order valence-electron chi connectivity index (χ3n) is 2.46. The van der Waals surface area contributed by atoms with Crippen molar-refractivity contribution in [2.24, 2.45) is 0 Å². The molecule has 1 amide bonds. The van der Waals surface area contributed by atoms with Crippen molar-refractivity contribution in [2.75, 3.05) is 5.32 Å². The normalized spacial score (nSPS) is 12.2. The minimum Gasteiger partial charge on any atom is -0.320 e. The summed E-state index contributed by atoms with van der Waals surface area (Å²) in [7, 11) is 0. The quantitative estimate of drug-likeness (QED) is 0.872. The summed E-state index contributed by atoms with van der Waals surface area (Å²) >= 11 is 2.69. The average Bonchev–Trinajstić information content (AvgIpc) is 2.79. The predicted molar refractivity (Wildman–Crippen MR) is 77.2 cm³/mol. The van der Waals surface area contributed by atoms with Gasteiger partial charge in [-0.1, -0.05) is 17.8 Å². The molecule has 0 radical (unpaired) electrons. The third kappa shape index (κ3) is 3.55. The van der Waals surface area contributed by atoms with E-state index in [1.54, 1.807) is 6.92 Å². The van der Waals surface area contributed by atoms with Crippen LogP contribution in [0, 0.1) is 18.6 Å². The number of carbonyl (C=O) groups is 1. The molecule has 0 aliphatic heterocycles. The molecule has 0 saturated heterocycles. The Labute approximate surface area is 123 Å². The Morgan fingerprint density at radius 3 is 2.60 bits per heavy atom. The molecule has 0 saturated carbocycles. The van der Waals surface area contributed by atoms with Crippen LogP contribution in [-0.4, -0.2) is 16.1 Å². The molecule has 1 aromatic carbocycles. The van der Waals surface area contributed by atoms with Crippen molar-refractivity contribution in [1.82, 2.24) is 4.98 Å². The maximum absolute atomic E-state index is 13.4. The molecular weight excluding hydrogens is 302 g/mol. The van der Waals surface area contributed by atoms with Gasteiger partial charge in [-0.05, 0) is 26.0 Å². The van der Waals surface area contributed by atoms with Gasteiger partial charge in [0.1, 0.15) is 17.3 Å². The number of thiazole rings is 1. The van der Waals surface area contributed by atoms with Gasteiger partial charge in [0.15, 0.2) is 4.34 Å². The topological polar surface area (TPSA) is 42.0 Å². The maximum atomic E-state index is 13.4. The van der Waals surface area contributed by atoms with Crippen LogP contribution in [0.1, 0.15) is 12.6 Å². The summed E-state index contributed by atoms with van der Waals surface area (Å²) in [4.78, 5) is 16.2. The highest BCUT2D eigenvalue weighted by Gasteiger charge is 2.19. The number of benzene rings is 1. The number of nitrogens with one attached hydrogen (secondary N) is 1. The Kier molecular flexibility index (Phi) is 4.72. The Morgan fingerprint density at radius 2 is 2.05 bits per heavy atom. The van der Waals surface area contributed by atoms with Gasteiger partial charge in [-0.2, -0.15) is 0 Å². The van der Waals surface area contributed by atoms with Crippen molar-refractivity contribution in [2.45, 2.75) is 23.4 Å². The molecule has 2 rings (SSSR count). The zero-order chi connectivity index (χ0) is 14.7. The van der Waals surface area contributed by atoms with Gasteiger partial charge in [0.25, 0.3) is 0 Å². The third-order valence-corrected chi connectivity index (χ3v) is 4.65. The van der Waals surface area contributed by atoms with E-state index in [0.717, 1.165) is 22.2 Å². The smallest absolute Gasteiger partial charge is 0.237 e. The van der Waals surface area contributed by atoms with E-state index >= 15 is 0 Å². The number of thioether (sulfide) groups is 1. The highest BCUT2D eigenvalue weighted by Crippen LogP contribution is 2.28. The largest absolute Gasteiger partial charge is 0.320 e. The second-order valence-electron chi connectivity index (χ2n) is 4.10. The van der Waals surface area contributed by atoms with Gasteiger partial charge in [0.2, 0.25) is 5.91 Å². The van der Waals surface area contributed by atoms with Gasteiger partial charge >= 0.3 is 0 Å². The number of anilines is 1. The predicted octanol–water partition coefficient (Wildman–Crippen LogP) is 3.85. The van der Waals surface area contributed by atoms with Crippen molar-refractivity contribution in [1.29, 1.82) is 0 Å². The van der Waals surface area contributed by atoms with Crippen LogP contribution in [0.3, 0.4) is 0 Å². The zero-order valence-electron chi connectivity index (χ0n) is 10.8. The van der Waals surface area contributed by atoms with Crippen LogP contribution in [0.25, 0.3) is 0 Å². The molecule has 0 unspecified atom stereocenters. The molecule has 3 nitrogen and oxygen atoms in total. The molecule has 2 aromatic rings. The van der Waals surface area contributed by atoms with Crippen LogP contribution in [0.2, 0.25) is 0 Å². The van der Waals surface area contributed by atoms with E-state index in [1.807, 2.05) is 12.3 Å². The second-order valence-corrected chi connectivity index (χ2v) is 6.55. The molecule has 1 atom stereocenters. The van der Waals surface area contributed by atoms with Gasteiger partial charge in [-0.15, -0.1) is 11.3 Å². The highest BCUT2D eigenvalue weighted by atomic mass is 32.2. The van der Waals surface area contributed by atoms with Gasteiger partial charge in [-0.3, -0.25) is 4.79 Å². The number of aryl methyl sites for hydroxylation is 1. The summed E-state index contributed by atoms with van der Waals surface area (Å²) in [5.41, 5.74) is 0.463. The van der Waals surface area contributed by atoms with E-state index in [-0.39, 0.29) is 0 Å². The number of hydrogen-bond donors (Lipinski definition) is 1. The van der Waals surface area contributed by atoms with Gasteiger partial charge < -0.3 is 5.32 Å². The number of carbonyl (C=O) groups excluding carboxylic acids is 1. The molecular formula is C13H12F2N2OS2. The molecule has 1 aromatic heterocycles. The number of rotatable bonds is 4. The Hall–Kier alpha value is -1.47. The Bertz CT molecular complexity index is 610. The molecule has 7 heteroatoms. The Balaban J connectivity index is 2.04. The van der Waals surface area contributed by atoms with Gasteiger partial charge in [-0.25, -0.2) is 13.8 Å². The van der Waals surface area contributed by atoms with E-state index in [0.29, 0.717) is 0 Å². The van der Waals surface area contributed by atoms with E-state index in [2.05, 4.69) is 10.3 Å². The lowest BCUT2D eigenvalue weighted by Gasteiger charge is -2.11. The minimum atomic E-state index is -0.791. The molecule has 0 fully saturated rings. The minimum absolute atomic E-state index is 0.416. The highest BCUT2D eigenvalue weighted by molar-refractivity contribution is 8.02. The lowest BCUT2D eigenvalue weighted by atomic mass is 10.3. The molecule has 20 heavy (non-hydrogen) atoms. The summed E-state index contributed by atoms with van der Waals surface area (Å²) in [6, 6.07) is 3.44. The van der Waals surface area contributed by atoms with Crippen molar-refractivity contribution in [3.05, 3.63) is 40.9 Å². The summed E-state index contributed by atoms with van der Waals surface area (Å²) in [6.45, 7) is 3.52. The van der Waals surface area contributed by atoms with E-state index in [1.165, 1.54) is 29.2 Å². The SMILES string of the molecule is Cc1csc(S[C@H](C)C(=O)Nc2c(F)cccc2F)n1. The first-order chi connectivity index (χ1) is 9.47. The first kappa shape index (κ1) is 14.9. The summed E-state index contributed by atoms with van der Waals surface area (Å²) in [5.74, 6) is -2.05. The fourth-order valence-electron chi connectivity index (χ4n) is 1.43. The van der Waals surface area contributed by atoms with Crippen LogP contribution < -0.4 is 5.32 Å². The second kappa shape index (κ2) is 6.32. The lowest BCUT2D eigenvalue weighted by molar-refractivity contribution is -0.115. The monoisotopic (exact) mass is 314 g/mol. The van der Waals surface area contributed by atoms with Crippen molar-refractivity contribution >= 4 is 34.7 Å². The number of halogens is 2. The molecule has 0 aliphatic rings. The molecule has 106 valence electrons. The van der Waals surface area contributed by atoms with Crippen molar-refractivity contribution < 1.29 is 13.6 Å². The van der Waals surface area contributed by atoms with Crippen LogP contribution in [-0.2, 0) is 4.79 Å². The standard InChI is InChI=1S/C13H12F2N2OS2/c1-7-6-19-13(16-7)20-8(2)12(18)17-11-9(14)4-3-5-10(11)15/h3-6,8H,1-2H3,(H,17,18)/t8-/m1/s1. The van der Waals surface area contributed by atoms with Crippen LogP contribution >= 0.6 is 23.1 Å². The molecule has 1 N–H and O–H groups in total. The zero-order valence-corrected chi connectivity index (χ0v) is 12.4. The Morgan fingerprint density at radius 1 is 1.40 bits per heavy atom. The number of amides is 1. The number of nitrogens with zero attached hydrogens (tertiary/aromatic N) is 1. The molecule has 1 heterocycles. The fourth-order valence-corrected chi connectivity index (χ4v) is 3.42. The molecule has 0 bridgehead atoms. The maximum Gasteiger partial charge on any atom is 0.237 e. The average molecular weight is 314 g/mol. The molecule has 0 aliphatic carbocycles. The van der Waals surface area contributed by atoms with E-state index in [9.17, 15) is 13.6 Å². The van der Waals surface area contributed by atoms with Crippen molar-refractivity contribution in [3.63, 3.8) is 0 Å². The summed E-state index contributed by atoms with van der Waals surface area (Å²) in [5, 5.41) is 3.65. The van der Waals surface area contributed by atoms with Crippen LogP contribution in [0.5, 0.6) is 0 Å². The first-order valence-electron chi connectivity index (χ1n) is 5.81. The van der Waals surface area contributed by atoms with Crippen LogP contribution in [0.4, 0.5) is 14.5 Å². The summed E-state index contributed by atoms with van der Waals surface area (Å²) in [6.07, 6.45) is 0. The summed E-state index contributed by atoms with van der Waals surface area (Å²) < 4.78 is 27.6. The number of hydrogen-bond acceptors (Lipinski definition) is 4. The van der Waals surface area contributed by atoms with E-state index in [4.69, 9.17) is 0 Å². The number of para-hydroxylation sites is 1. The lowest BCUT2D eigenvalue weighted by Crippen LogP contribution is -2.23. The first-order valence-corrected chi connectivity index (χ1v) is 7.57. The molecule has 0 spiro atoms. The van der Waals surface area contributed by atoms with E-state index < -0.39 is 28.5 Å². The fraction of sp³-hybridized carbons (Fsp3) is 0.231. The van der Waals surface area contributed by atoms with Crippen molar-refractivity contribution in [3.8, 4) is 0 Å².